The van der Waals surface area contributed by atoms with Gasteiger partial charge in [0.25, 0.3) is 0 Å². The van der Waals surface area contributed by atoms with Crippen LogP contribution in [0.25, 0.3) is 11.1 Å². The minimum absolute atomic E-state index is 0.0825. The molecule has 1 aliphatic rings. The van der Waals surface area contributed by atoms with Crippen molar-refractivity contribution in [2.45, 2.75) is 31.2 Å². The lowest BCUT2D eigenvalue weighted by Crippen LogP contribution is -2.42. The molecule has 11 heteroatoms. The van der Waals surface area contributed by atoms with Crippen molar-refractivity contribution < 1.29 is 12.8 Å². The summed E-state index contributed by atoms with van der Waals surface area (Å²) >= 11 is 0. The molecule has 9 nitrogen and oxygen atoms in total. The van der Waals surface area contributed by atoms with Gasteiger partial charge in [-0.1, -0.05) is 18.2 Å². The molecule has 0 bridgehead atoms. The SMILES string of the molecule is Cc1nc(F)ccc1CNCC1CCCN(S(=O)(=O)c2ccc(-c3cnc(N)nc3N)cc2)C1. The van der Waals surface area contributed by atoms with E-state index in [0.29, 0.717) is 43.0 Å². The first-order valence-electron chi connectivity index (χ1n) is 11.1. The number of sulfonamides is 1. The highest BCUT2D eigenvalue weighted by atomic mass is 32.2. The summed E-state index contributed by atoms with van der Waals surface area (Å²) in [6.07, 6.45) is 3.25. The molecular weight excluding hydrogens is 457 g/mol. The summed E-state index contributed by atoms with van der Waals surface area (Å²) in [7, 11) is -3.63. The van der Waals surface area contributed by atoms with E-state index in [1.165, 1.54) is 12.3 Å². The molecular formula is C23H28FN7O2S. The van der Waals surface area contributed by atoms with E-state index in [-0.39, 0.29) is 22.6 Å². The maximum Gasteiger partial charge on any atom is 0.243 e. The summed E-state index contributed by atoms with van der Waals surface area (Å²) in [4.78, 5) is 12.0. The van der Waals surface area contributed by atoms with Gasteiger partial charge in [0.2, 0.25) is 21.9 Å². The van der Waals surface area contributed by atoms with Crippen molar-refractivity contribution in [2.24, 2.45) is 5.92 Å². The monoisotopic (exact) mass is 485 g/mol. The third-order valence-electron chi connectivity index (χ3n) is 6.03. The van der Waals surface area contributed by atoms with Crippen LogP contribution in [-0.4, -0.2) is 47.3 Å². The number of halogens is 1. The Morgan fingerprint density at radius 1 is 1.15 bits per heavy atom. The van der Waals surface area contributed by atoms with Gasteiger partial charge in [0.15, 0.2) is 0 Å². The summed E-state index contributed by atoms with van der Waals surface area (Å²) in [5.41, 5.74) is 14.3. The van der Waals surface area contributed by atoms with Gasteiger partial charge in [-0.05, 0) is 61.6 Å². The number of hydrogen-bond donors (Lipinski definition) is 3. The van der Waals surface area contributed by atoms with Crippen molar-refractivity contribution in [3.05, 3.63) is 59.8 Å². The van der Waals surface area contributed by atoms with E-state index < -0.39 is 16.0 Å². The van der Waals surface area contributed by atoms with E-state index in [1.807, 2.05) is 0 Å². The molecule has 2 aromatic heterocycles. The van der Waals surface area contributed by atoms with Crippen LogP contribution < -0.4 is 16.8 Å². The standard InChI is InChI=1S/C23H28FN7O2S/c1-15-18(6-9-21(24)29-15)12-27-11-16-3-2-10-31(14-16)34(32,33)19-7-4-17(5-8-19)20-13-28-23(26)30-22(20)25/h4-9,13,16,27H,2-3,10-12,14H2,1H3,(H4,25,26,28,30). The molecule has 3 aromatic rings. The van der Waals surface area contributed by atoms with Gasteiger partial charge in [0.1, 0.15) is 5.82 Å². The number of pyridine rings is 1. The number of nitrogens with two attached hydrogens (primary N) is 2. The Hall–Kier alpha value is -3.15. The highest BCUT2D eigenvalue weighted by Crippen LogP contribution is 2.28. The summed E-state index contributed by atoms with van der Waals surface area (Å²) in [6.45, 7) is 3.92. The van der Waals surface area contributed by atoms with Gasteiger partial charge in [0, 0.05) is 37.1 Å². The molecule has 1 unspecified atom stereocenters. The molecule has 180 valence electrons. The van der Waals surface area contributed by atoms with E-state index >= 15 is 0 Å². The molecule has 1 aliphatic heterocycles. The fraction of sp³-hybridized carbons (Fsp3) is 0.348. The minimum Gasteiger partial charge on any atom is -0.383 e. The third kappa shape index (κ3) is 5.32. The number of nitrogen functional groups attached to an aromatic ring is 2. The zero-order valence-corrected chi connectivity index (χ0v) is 19.7. The number of piperidine rings is 1. The van der Waals surface area contributed by atoms with Crippen LogP contribution in [0.15, 0.2) is 47.5 Å². The Morgan fingerprint density at radius 2 is 1.91 bits per heavy atom. The summed E-state index contributed by atoms with van der Waals surface area (Å²) < 4.78 is 41.3. The van der Waals surface area contributed by atoms with Gasteiger partial charge in [0.05, 0.1) is 4.90 Å². The second-order valence-electron chi connectivity index (χ2n) is 8.43. The summed E-state index contributed by atoms with van der Waals surface area (Å²) in [5, 5.41) is 3.36. The van der Waals surface area contributed by atoms with E-state index in [2.05, 4.69) is 20.3 Å². The van der Waals surface area contributed by atoms with Crippen LogP contribution in [0.2, 0.25) is 0 Å². The Bertz CT molecular complexity index is 1270. The van der Waals surface area contributed by atoms with Crippen LogP contribution in [0.3, 0.4) is 0 Å². The average molecular weight is 486 g/mol. The molecule has 1 saturated heterocycles. The average Bonchev–Trinajstić information content (AvgIpc) is 2.81. The van der Waals surface area contributed by atoms with Gasteiger partial charge < -0.3 is 16.8 Å². The first-order valence-corrected chi connectivity index (χ1v) is 12.5. The normalized spacial score (nSPS) is 17.1. The molecule has 34 heavy (non-hydrogen) atoms. The van der Waals surface area contributed by atoms with E-state index in [0.717, 1.165) is 18.4 Å². The zero-order valence-electron chi connectivity index (χ0n) is 18.9. The van der Waals surface area contributed by atoms with Crippen LogP contribution >= 0.6 is 0 Å². The smallest absolute Gasteiger partial charge is 0.243 e. The molecule has 0 spiro atoms. The molecule has 5 N–H and O–H groups in total. The van der Waals surface area contributed by atoms with Gasteiger partial charge in [-0.15, -0.1) is 0 Å². The number of benzene rings is 1. The van der Waals surface area contributed by atoms with E-state index in [1.54, 1.807) is 41.6 Å². The molecule has 3 heterocycles. The molecule has 0 aliphatic carbocycles. The largest absolute Gasteiger partial charge is 0.383 e. The fourth-order valence-electron chi connectivity index (χ4n) is 4.16. The van der Waals surface area contributed by atoms with Crippen molar-refractivity contribution in [1.82, 2.24) is 24.6 Å². The second kappa shape index (κ2) is 10.00. The number of anilines is 2. The van der Waals surface area contributed by atoms with Crippen LogP contribution in [0, 0.1) is 18.8 Å². The quantitative estimate of drug-likeness (QED) is 0.433. The number of aromatic nitrogens is 3. The Kier molecular flexibility index (Phi) is 7.05. The predicted molar refractivity (Wildman–Crippen MR) is 128 cm³/mol. The van der Waals surface area contributed by atoms with Gasteiger partial charge in [-0.3, -0.25) is 0 Å². The number of nitrogens with zero attached hydrogens (tertiary/aromatic N) is 4. The molecule has 4 rings (SSSR count). The highest BCUT2D eigenvalue weighted by Gasteiger charge is 2.30. The van der Waals surface area contributed by atoms with Crippen LogP contribution in [-0.2, 0) is 16.6 Å². The first kappa shape index (κ1) is 24.0. The Labute approximate surface area is 198 Å². The summed E-state index contributed by atoms with van der Waals surface area (Å²) in [6, 6.07) is 9.61. The Balaban J connectivity index is 1.39. The maximum atomic E-state index is 13.3. The van der Waals surface area contributed by atoms with Crippen molar-refractivity contribution in [3.8, 4) is 11.1 Å². The van der Waals surface area contributed by atoms with Crippen molar-refractivity contribution >= 4 is 21.8 Å². The molecule has 0 saturated carbocycles. The van der Waals surface area contributed by atoms with E-state index in [9.17, 15) is 12.8 Å². The van der Waals surface area contributed by atoms with Crippen LogP contribution in [0.4, 0.5) is 16.2 Å². The number of hydrogen-bond acceptors (Lipinski definition) is 8. The molecule has 1 atom stereocenters. The summed E-state index contributed by atoms with van der Waals surface area (Å²) in [5.74, 6) is 0.0102. The highest BCUT2D eigenvalue weighted by molar-refractivity contribution is 7.89. The first-order chi connectivity index (χ1) is 16.2. The molecule has 0 amide bonds. The minimum atomic E-state index is -3.63. The molecule has 1 fully saturated rings. The number of rotatable bonds is 7. The number of aryl methyl sites for hydroxylation is 1. The van der Waals surface area contributed by atoms with Crippen molar-refractivity contribution in [3.63, 3.8) is 0 Å². The van der Waals surface area contributed by atoms with Gasteiger partial charge in [-0.2, -0.15) is 13.7 Å². The topological polar surface area (TPSA) is 140 Å². The fourth-order valence-corrected chi connectivity index (χ4v) is 5.71. The van der Waals surface area contributed by atoms with Crippen molar-refractivity contribution in [2.75, 3.05) is 31.1 Å². The van der Waals surface area contributed by atoms with Crippen molar-refractivity contribution in [1.29, 1.82) is 0 Å². The lowest BCUT2D eigenvalue weighted by molar-refractivity contribution is 0.260. The number of nitrogens with one attached hydrogen (secondary N) is 1. The Morgan fingerprint density at radius 3 is 2.62 bits per heavy atom. The lowest BCUT2D eigenvalue weighted by Gasteiger charge is -2.32. The third-order valence-corrected chi connectivity index (χ3v) is 7.91. The van der Waals surface area contributed by atoms with Gasteiger partial charge in [-0.25, -0.2) is 18.4 Å². The van der Waals surface area contributed by atoms with E-state index in [4.69, 9.17) is 11.5 Å². The molecule has 0 radical (unpaired) electrons. The van der Waals surface area contributed by atoms with Crippen LogP contribution in [0.5, 0.6) is 0 Å². The zero-order chi connectivity index (χ0) is 24.3. The second-order valence-corrected chi connectivity index (χ2v) is 10.4. The van der Waals surface area contributed by atoms with Gasteiger partial charge >= 0.3 is 0 Å². The predicted octanol–water partition coefficient (Wildman–Crippen LogP) is 2.34. The lowest BCUT2D eigenvalue weighted by atomic mass is 9.99. The maximum absolute atomic E-state index is 13.3. The van der Waals surface area contributed by atoms with Crippen LogP contribution in [0.1, 0.15) is 24.1 Å². The molecule has 1 aromatic carbocycles.